The topological polar surface area (TPSA) is 76.3 Å². The maximum atomic E-state index is 12.8. The second-order valence-corrected chi connectivity index (χ2v) is 5.01. The summed E-state index contributed by atoms with van der Waals surface area (Å²) in [6, 6.07) is 0.931. The molecule has 0 atom stereocenters. The summed E-state index contributed by atoms with van der Waals surface area (Å²) in [7, 11) is 1.71. The van der Waals surface area contributed by atoms with Crippen LogP contribution in [0.2, 0.25) is 0 Å². The van der Waals surface area contributed by atoms with Crippen LogP contribution in [0, 0.1) is 5.92 Å². The molecule has 2 rings (SSSR count). The molecule has 0 bridgehead atoms. The molecule has 2 heterocycles. The van der Waals surface area contributed by atoms with Gasteiger partial charge in [0.25, 0.3) is 0 Å². The Morgan fingerprint density at radius 3 is 2.62 bits per heavy atom. The van der Waals surface area contributed by atoms with Crippen molar-refractivity contribution in [2.45, 2.75) is 19.0 Å². The number of alkyl halides is 3. The van der Waals surface area contributed by atoms with Crippen molar-refractivity contribution >= 4 is 11.8 Å². The lowest BCUT2D eigenvalue weighted by molar-refractivity contribution is -0.141. The highest BCUT2D eigenvalue weighted by molar-refractivity contribution is 5.44. The highest BCUT2D eigenvalue weighted by Crippen LogP contribution is 2.30. The zero-order valence-corrected chi connectivity index (χ0v) is 11.7. The second-order valence-electron chi connectivity index (χ2n) is 5.01. The number of nitrogens with one attached hydrogen (secondary N) is 1. The minimum absolute atomic E-state index is 0.191. The number of halogens is 3. The summed E-state index contributed by atoms with van der Waals surface area (Å²) in [6.07, 6.45) is -2.75. The van der Waals surface area contributed by atoms with Gasteiger partial charge in [0.05, 0.1) is 0 Å². The summed E-state index contributed by atoms with van der Waals surface area (Å²) in [4.78, 5) is 9.00. The number of rotatable bonds is 4. The number of nitrogens with two attached hydrogens (primary N) is 1. The van der Waals surface area contributed by atoms with Crippen molar-refractivity contribution in [2.24, 2.45) is 11.8 Å². The van der Waals surface area contributed by atoms with Crippen LogP contribution in [0.3, 0.4) is 0 Å². The van der Waals surface area contributed by atoms with Crippen molar-refractivity contribution in [3.05, 3.63) is 11.8 Å². The van der Waals surface area contributed by atoms with E-state index in [1.807, 2.05) is 0 Å². The average Bonchev–Trinajstić information content (AvgIpc) is 2.46. The van der Waals surface area contributed by atoms with E-state index in [0.717, 1.165) is 18.9 Å². The Hall–Kier alpha value is -1.61. The van der Waals surface area contributed by atoms with Crippen LogP contribution in [-0.4, -0.2) is 36.8 Å². The Morgan fingerprint density at radius 2 is 2.05 bits per heavy atom. The second kappa shape index (κ2) is 6.44. The number of ether oxygens (including phenoxy) is 1. The van der Waals surface area contributed by atoms with Gasteiger partial charge in [-0.2, -0.15) is 18.2 Å². The van der Waals surface area contributed by atoms with Gasteiger partial charge in [-0.25, -0.2) is 10.8 Å². The Bertz CT molecular complexity index is 476. The molecular formula is C12H18F3N5O. The number of hydrogen-bond donors (Lipinski definition) is 2. The SMILES string of the molecule is CN(CC1CCOCC1)c1cc(C(F)(F)F)nc(NN)n1. The molecule has 1 aromatic rings. The van der Waals surface area contributed by atoms with E-state index in [9.17, 15) is 13.2 Å². The number of hydrogen-bond acceptors (Lipinski definition) is 6. The van der Waals surface area contributed by atoms with Crippen LogP contribution in [0.5, 0.6) is 0 Å². The predicted molar refractivity (Wildman–Crippen MR) is 71.7 cm³/mol. The number of hydrazine groups is 1. The average molecular weight is 305 g/mol. The van der Waals surface area contributed by atoms with Crippen LogP contribution in [0.15, 0.2) is 6.07 Å². The lowest BCUT2D eigenvalue weighted by atomic mass is 10.00. The summed E-state index contributed by atoms with van der Waals surface area (Å²) in [5, 5.41) is 0. The van der Waals surface area contributed by atoms with E-state index >= 15 is 0 Å². The van der Waals surface area contributed by atoms with Crippen molar-refractivity contribution in [1.29, 1.82) is 0 Å². The molecule has 1 aromatic heterocycles. The van der Waals surface area contributed by atoms with E-state index in [0.29, 0.717) is 25.7 Å². The summed E-state index contributed by atoms with van der Waals surface area (Å²) in [5.74, 6) is 5.46. The third kappa shape index (κ3) is 4.18. The van der Waals surface area contributed by atoms with Crippen LogP contribution in [-0.2, 0) is 10.9 Å². The molecule has 1 saturated heterocycles. The zero-order valence-electron chi connectivity index (χ0n) is 11.7. The molecule has 118 valence electrons. The standard InChI is InChI=1S/C12H18F3N5O/c1-20(7-8-2-4-21-5-3-8)10-6-9(12(13,14)15)17-11(18-10)19-16/h6,8H,2-5,7,16H2,1H3,(H,17,18,19). The molecule has 21 heavy (non-hydrogen) atoms. The van der Waals surface area contributed by atoms with Gasteiger partial charge in [0.15, 0.2) is 5.69 Å². The Balaban J connectivity index is 2.17. The zero-order chi connectivity index (χ0) is 15.5. The van der Waals surface area contributed by atoms with E-state index in [1.165, 1.54) is 0 Å². The fraction of sp³-hybridized carbons (Fsp3) is 0.667. The lowest BCUT2D eigenvalue weighted by Crippen LogP contribution is -2.30. The fourth-order valence-corrected chi connectivity index (χ4v) is 2.25. The van der Waals surface area contributed by atoms with Crippen molar-refractivity contribution < 1.29 is 17.9 Å². The smallest absolute Gasteiger partial charge is 0.381 e. The molecule has 0 amide bonds. The molecule has 0 aromatic carbocycles. The molecule has 1 fully saturated rings. The number of nitrogens with zero attached hydrogens (tertiary/aromatic N) is 3. The largest absolute Gasteiger partial charge is 0.433 e. The van der Waals surface area contributed by atoms with Crippen LogP contribution >= 0.6 is 0 Å². The normalized spacial score (nSPS) is 16.8. The molecular weight excluding hydrogens is 287 g/mol. The highest BCUT2D eigenvalue weighted by Gasteiger charge is 2.34. The molecule has 0 spiro atoms. The first kappa shape index (κ1) is 15.8. The molecule has 6 nitrogen and oxygen atoms in total. The van der Waals surface area contributed by atoms with Crippen molar-refractivity contribution in [2.75, 3.05) is 37.1 Å². The molecule has 0 radical (unpaired) electrons. The van der Waals surface area contributed by atoms with E-state index in [1.54, 1.807) is 11.9 Å². The summed E-state index contributed by atoms with van der Waals surface area (Å²) in [6.45, 7) is 1.99. The monoisotopic (exact) mass is 305 g/mol. The van der Waals surface area contributed by atoms with Gasteiger partial charge in [-0.15, -0.1) is 0 Å². The Morgan fingerprint density at radius 1 is 1.38 bits per heavy atom. The van der Waals surface area contributed by atoms with Crippen molar-refractivity contribution in [3.8, 4) is 0 Å². The first-order valence-electron chi connectivity index (χ1n) is 6.62. The van der Waals surface area contributed by atoms with Gasteiger partial charge in [-0.3, -0.25) is 5.43 Å². The summed E-state index contributed by atoms with van der Waals surface area (Å²) in [5.41, 5.74) is 1.05. The van der Waals surface area contributed by atoms with Crippen LogP contribution in [0.25, 0.3) is 0 Å². The molecule has 9 heteroatoms. The molecule has 0 unspecified atom stereocenters. The predicted octanol–water partition coefficient (Wildman–Crippen LogP) is 1.64. The minimum Gasteiger partial charge on any atom is -0.381 e. The van der Waals surface area contributed by atoms with E-state index in [4.69, 9.17) is 10.6 Å². The van der Waals surface area contributed by atoms with Gasteiger partial charge >= 0.3 is 6.18 Å². The van der Waals surface area contributed by atoms with Crippen molar-refractivity contribution in [3.63, 3.8) is 0 Å². The van der Waals surface area contributed by atoms with Crippen LogP contribution < -0.4 is 16.2 Å². The summed E-state index contributed by atoms with van der Waals surface area (Å²) < 4.78 is 43.7. The molecule has 3 N–H and O–H groups in total. The highest BCUT2D eigenvalue weighted by atomic mass is 19.4. The minimum atomic E-state index is -4.54. The fourth-order valence-electron chi connectivity index (χ4n) is 2.25. The van der Waals surface area contributed by atoms with E-state index in [-0.39, 0.29) is 11.8 Å². The maximum absolute atomic E-state index is 12.8. The summed E-state index contributed by atoms with van der Waals surface area (Å²) >= 11 is 0. The number of nitrogen functional groups attached to an aromatic ring is 1. The van der Waals surface area contributed by atoms with Gasteiger partial charge in [-0.05, 0) is 18.8 Å². The van der Waals surface area contributed by atoms with Crippen LogP contribution in [0.1, 0.15) is 18.5 Å². The third-order valence-corrected chi connectivity index (χ3v) is 3.40. The molecule has 0 saturated carbocycles. The Labute approximate surface area is 120 Å². The molecule has 1 aliphatic heterocycles. The first-order valence-corrected chi connectivity index (χ1v) is 6.62. The van der Waals surface area contributed by atoms with Gasteiger partial charge in [0.2, 0.25) is 5.95 Å². The number of anilines is 2. The van der Waals surface area contributed by atoms with Gasteiger partial charge < -0.3 is 9.64 Å². The quantitative estimate of drug-likeness (QED) is 0.650. The van der Waals surface area contributed by atoms with Gasteiger partial charge in [-0.1, -0.05) is 0 Å². The lowest BCUT2D eigenvalue weighted by Gasteiger charge is -2.28. The first-order chi connectivity index (χ1) is 9.90. The molecule has 1 aliphatic rings. The Kier molecular flexibility index (Phi) is 4.84. The van der Waals surface area contributed by atoms with Crippen LogP contribution in [0.4, 0.5) is 24.9 Å². The number of aromatic nitrogens is 2. The maximum Gasteiger partial charge on any atom is 0.433 e. The van der Waals surface area contributed by atoms with E-state index < -0.39 is 11.9 Å². The van der Waals surface area contributed by atoms with Crippen molar-refractivity contribution in [1.82, 2.24) is 9.97 Å². The van der Waals surface area contributed by atoms with Gasteiger partial charge in [0, 0.05) is 32.9 Å². The molecule has 0 aliphatic carbocycles. The third-order valence-electron chi connectivity index (χ3n) is 3.40. The van der Waals surface area contributed by atoms with Gasteiger partial charge in [0.1, 0.15) is 5.82 Å². The van der Waals surface area contributed by atoms with E-state index in [2.05, 4.69) is 15.4 Å².